The molecule has 0 aliphatic carbocycles. The van der Waals surface area contributed by atoms with E-state index in [9.17, 15) is 9.59 Å². The van der Waals surface area contributed by atoms with Gasteiger partial charge in [0.05, 0.1) is 17.9 Å². The first-order valence-electron chi connectivity index (χ1n) is 6.20. The highest BCUT2D eigenvalue weighted by Gasteiger charge is 2.29. The van der Waals surface area contributed by atoms with E-state index in [-0.39, 0.29) is 28.6 Å². The molecule has 2 heterocycles. The van der Waals surface area contributed by atoms with E-state index < -0.39 is 0 Å². The fourth-order valence-corrected chi connectivity index (χ4v) is 2.25. The van der Waals surface area contributed by atoms with Crippen molar-refractivity contribution in [2.45, 2.75) is 32.4 Å². The number of likely N-dealkylation sites (tertiary alicyclic amines) is 1. The molecular weight excluding hydrogens is 268 g/mol. The average molecular weight is 285 g/mol. The fourth-order valence-electron chi connectivity index (χ4n) is 2.06. The maximum atomic E-state index is 12.0. The summed E-state index contributed by atoms with van der Waals surface area (Å²) in [7, 11) is 1.75. The molecule has 1 aliphatic heterocycles. The van der Waals surface area contributed by atoms with Crippen LogP contribution in [0.2, 0.25) is 5.02 Å². The Labute approximate surface area is 116 Å². The van der Waals surface area contributed by atoms with Crippen LogP contribution in [-0.2, 0) is 4.79 Å². The Bertz CT molecular complexity index is 555. The molecule has 1 fully saturated rings. The topological polar surface area (TPSA) is 67.2 Å². The van der Waals surface area contributed by atoms with Crippen LogP contribution in [0.25, 0.3) is 0 Å². The van der Waals surface area contributed by atoms with E-state index in [1.54, 1.807) is 11.9 Å². The molecule has 1 aromatic heterocycles. The van der Waals surface area contributed by atoms with Crippen LogP contribution >= 0.6 is 11.6 Å². The van der Waals surface area contributed by atoms with E-state index in [2.05, 4.69) is 10.4 Å². The van der Waals surface area contributed by atoms with Gasteiger partial charge in [0.2, 0.25) is 5.91 Å². The van der Waals surface area contributed by atoms with Gasteiger partial charge in [-0.2, -0.15) is 5.10 Å². The number of hydrogen-bond acceptors (Lipinski definition) is 4. The quantitative estimate of drug-likeness (QED) is 0.903. The van der Waals surface area contributed by atoms with E-state index in [1.165, 1.54) is 10.9 Å². The minimum absolute atomic E-state index is 0.00380. The van der Waals surface area contributed by atoms with Crippen molar-refractivity contribution in [1.29, 1.82) is 0 Å². The van der Waals surface area contributed by atoms with Gasteiger partial charge in [0, 0.05) is 13.6 Å². The summed E-state index contributed by atoms with van der Waals surface area (Å²) in [6.45, 7) is 4.41. The molecule has 1 amide bonds. The summed E-state index contributed by atoms with van der Waals surface area (Å²) in [5.41, 5.74) is 0.0673. The molecule has 1 unspecified atom stereocenters. The number of nitrogens with zero attached hydrogens (tertiary/aromatic N) is 3. The summed E-state index contributed by atoms with van der Waals surface area (Å²) >= 11 is 6.04. The Morgan fingerprint density at radius 2 is 2.16 bits per heavy atom. The molecule has 1 aromatic rings. The van der Waals surface area contributed by atoms with Gasteiger partial charge in [0.15, 0.2) is 0 Å². The van der Waals surface area contributed by atoms with Crippen molar-refractivity contribution >= 4 is 23.2 Å². The zero-order valence-electron chi connectivity index (χ0n) is 11.2. The minimum Gasteiger partial charge on any atom is -0.371 e. The Morgan fingerprint density at radius 3 is 2.68 bits per heavy atom. The molecule has 0 bridgehead atoms. The van der Waals surface area contributed by atoms with Crippen molar-refractivity contribution in [3.8, 4) is 0 Å². The molecule has 2 rings (SSSR count). The molecule has 7 heteroatoms. The molecular formula is C12H17ClN4O2. The number of nitrogens with one attached hydrogen (secondary N) is 1. The number of aromatic nitrogens is 2. The number of rotatable bonds is 3. The lowest BCUT2D eigenvalue weighted by Gasteiger charge is -2.15. The summed E-state index contributed by atoms with van der Waals surface area (Å²) < 4.78 is 1.32. The minimum atomic E-state index is -0.347. The highest BCUT2D eigenvalue weighted by Crippen LogP contribution is 2.20. The lowest BCUT2D eigenvalue weighted by molar-refractivity contribution is -0.127. The lowest BCUT2D eigenvalue weighted by atomic mass is 10.2. The average Bonchev–Trinajstić information content (AvgIpc) is 2.66. The molecule has 0 radical (unpaired) electrons. The second-order valence-corrected chi connectivity index (χ2v) is 5.34. The third-order valence-corrected chi connectivity index (χ3v) is 3.56. The first kappa shape index (κ1) is 13.9. The molecule has 1 saturated heterocycles. The highest BCUT2D eigenvalue weighted by atomic mass is 35.5. The zero-order chi connectivity index (χ0) is 14.2. The fraction of sp³-hybridized carbons (Fsp3) is 0.583. The van der Waals surface area contributed by atoms with Gasteiger partial charge in [-0.25, -0.2) is 4.68 Å². The van der Waals surface area contributed by atoms with Gasteiger partial charge in [-0.1, -0.05) is 11.6 Å². The van der Waals surface area contributed by atoms with Crippen LogP contribution in [0.4, 0.5) is 5.69 Å². The van der Waals surface area contributed by atoms with Gasteiger partial charge in [0.25, 0.3) is 5.56 Å². The van der Waals surface area contributed by atoms with Crippen molar-refractivity contribution in [2.24, 2.45) is 0 Å². The summed E-state index contributed by atoms with van der Waals surface area (Å²) in [5.74, 6) is 0.00380. The van der Waals surface area contributed by atoms with E-state index >= 15 is 0 Å². The molecule has 0 saturated carbocycles. The number of hydrogen-bond donors (Lipinski definition) is 1. The van der Waals surface area contributed by atoms with E-state index in [1.807, 2.05) is 13.8 Å². The van der Waals surface area contributed by atoms with E-state index in [0.29, 0.717) is 18.7 Å². The second kappa shape index (κ2) is 5.21. The van der Waals surface area contributed by atoms with E-state index in [4.69, 9.17) is 11.6 Å². The Hall–Kier alpha value is -1.56. The van der Waals surface area contributed by atoms with Crippen molar-refractivity contribution in [2.75, 3.05) is 18.9 Å². The van der Waals surface area contributed by atoms with Crippen molar-refractivity contribution in [3.63, 3.8) is 0 Å². The molecule has 104 valence electrons. The number of carbonyl (C=O) groups excluding carboxylic acids is 1. The Morgan fingerprint density at radius 1 is 1.47 bits per heavy atom. The predicted octanol–water partition coefficient (Wildman–Crippen LogP) is 1.12. The Balaban J connectivity index is 2.25. The first-order valence-corrected chi connectivity index (χ1v) is 6.58. The monoisotopic (exact) mass is 284 g/mol. The predicted molar refractivity (Wildman–Crippen MR) is 73.6 cm³/mol. The second-order valence-electron chi connectivity index (χ2n) is 4.96. The van der Waals surface area contributed by atoms with Crippen molar-refractivity contribution in [3.05, 3.63) is 21.6 Å². The third-order valence-electron chi connectivity index (χ3n) is 3.19. The maximum Gasteiger partial charge on any atom is 0.287 e. The van der Waals surface area contributed by atoms with Crippen LogP contribution in [0.3, 0.4) is 0 Å². The van der Waals surface area contributed by atoms with Gasteiger partial charge < -0.3 is 10.2 Å². The highest BCUT2D eigenvalue weighted by molar-refractivity contribution is 6.33. The van der Waals surface area contributed by atoms with Gasteiger partial charge in [0.1, 0.15) is 11.1 Å². The van der Waals surface area contributed by atoms with Crippen LogP contribution in [-0.4, -0.2) is 40.2 Å². The molecule has 6 nitrogen and oxygen atoms in total. The molecule has 1 N–H and O–H groups in total. The number of anilines is 1. The van der Waals surface area contributed by atoms with Gasteiger partial charge in [-0.15, -0.1) is 0 Å². The van der Waals surface area contributed by atoms with Crippen LogP contribution in [0.15, 0.2) is 11.0 Å². The summed E-state index contributed by atoms with van der Waals surface area (Å²) in [6.07, 6.45) is 2.19. The SMILES string of the molecule is CC(C)n1ncc(NC2CCN(C)C2=O)c(Cl)c1=O. The molecule has 19 heavy (non-hydrogen) atoms. The standard InChI is InChI=1S/C12H17ClN4O2/c1-7(2)17-12(19)10(13)9(6-14-17)15-8-4-5-16(3)11(8)18/h6-8,15H,4-5H2,1-3H3. The van der Waals surface area contributed by atoms with Crippen LogP contribution in [0.1, 0.15) is 26.3 Å². The normalized spacial score (nSPS) is 19.3. The summed E-state index contributed by atoms with van der Waals surface area (Å²) in [4.78, 5) is 25.4. The molecule has 1 atom stereocenters. The lowest BCUT2D eigenvalue weighted by Crippen LogP contribution is -2.32. The van der Waals surface area contributed by atoms with Crippen LogP contribution < -0.4 is 10.9 Å². The molecule has 1 aliphatic rings. The number of carbonyl (C=O) groups is 1. The summed E-state index contributed by atoms with van der Waals surface area (Å²) in [5, 5.41) is 7.13. The van der Waals surface area contributed by atoms with Crippen molar-refractivity contribution < 1.29 is 4.79 Å². The zero-order valence-corrected chi connectivity index (χ0v) is 11.9. The number of halogens is 1. The van der Waals surface area contributed by atoms with Crippen LogP contribution in [0.5, 0.6) is 0 Å². The molecule has 0 aromatic carbocycles. The summed E-state index contributed by atoms with van der Waals surface area (Å²) in [6, 6.07) is -0.392. The first-order chi connectivity index (χ1) is 8.91. The van der Waals surface area contributed by atoms with Gasteiger partial charge in [-0.05, 0) is 20.3 Å². The van der Waals surface area contributed by atoms with Gasteiger partial charge in [-0.3, -0.25) is 9.59 Å². The molecule has 0 spiro atoms. The smallest absolute Gasteiger partial charge is 0.287 e. The largest absolute Gasteiger partial charge is 0.371 e. The number of amides is 1. The Kier molecular flexibility index (Phi) is 3.80. The van der Waals surface area contributed by atoms with Crippen molar-refractivity contribution in [1.82, 2.24) is 14.7 Å². The van der Waals surface area contributed by atoms with Gasteiger partial charge >= 0.3 is 0 Å². The van der Waals surface area contributed by atoms with E-state index in [0.717, 1.165) is 0 Å². The number of likely N-dealkylation sites (N-methyl/N-ethyl adjacent to an activating group) is 1. The van der Waals surface area contributed by atoms with Crippen LogP contribution in [0, 0.1) is 0 Å². The third kappa shape index (κ3) is 2.58. The maximum absolute atomic E-state index is 12.0.